The summed E-state index contributed by atoms with van der Waals surface area (Å²) < 4.78 is 32.9. The first kappa shape index (κ1) is 18.3. The normalized spacial score (nSPS) is 10.3. The summed E-state index contributed by atoms with van der Waals surface area (Å²) in [5, 5.41) is 5.34. The first-order valence-electron chi connectivity index (χ1n) is 8.27. The third-order valence-corrected chi connectivity index (χ3v) is 3.66. The highest BCUT2D eigenvalue weighted by Gasteiger charge is 2.11. The minimum Gasteiger partial charge on any atom is -0.494 e. The summed E-state index contributed by atoms with van der Waals surface area (Å²) in [5.41, 5.74) is 0.814. The molecular weight excluding hydrogens is 352 g/mol. The van der Waals surface area contributed by atoms with E-state index in [0.29, 0.717) is 23.7 Å². The molecule has 0 atom stereocenters. The number of para-hydroxylation sites is 1. The van der Waals surface area contributed by atoms with Crippen LogP contribution in [0, 0.1) is 11.6 Å². The summed E-state index contributed by atoms with van der Waals surface area (Å²) in [5.74, 6) is -1.17. The molecule has 0 saturated heterocycles. The summed E-state index contributed by atoms with van der Waals surface area (Å²) >= 11 is 0. The Kier molecular flexibility index (Phi) is 5.61. The summed E-state index contributed by atoms with van der Waals surface area (Å²) in [4.78, 5) is 16.4. The molecule has 0 aliphatic carbocycles. The largest absolute Gasteiger partial charge is 0.494 e. The molecule has 0 radical (unpaired) electrons. The molecule has 0 spiro atoms. The van der Waals surface area contributed by atoms with Crippen LogP contribution in [0.5, 0.6) is 5.75 Å². The van der Waals surface area contributed by atoms with Gasteiger partial charge >= 0.3 is 0 Å². The van der Waals surface area contributed by atoms with Crippen molar-refractivity contribution in [1.82, 2.24) is 4.98 Å². The van der Waals surface area contributed by atoms with Gasteiger partial charge < -0.3 is 15.4 Å². The van der Waals surface area contributed by atoms with E-state index in [1.54, 1.807) is 24.3 Å². The van der Waals surface area contributed by atoms with Crippen molar-refractivity contribution in [3.8, 4) is 5.75 Å². The summed E-state index contributed by atoms with van der Waals surface area (Å²) in [6.07, 6.45) is 2.74. The SMILES string of the molecule is CCOc1ccc(NC(=O)c2cncc(Nc3c(F)cccc3F)c2)cc1. The van der Waals surface area contributed by atoms with E-state index in [1.165, 1.54) is 24.5 Å². The lowest BCUT2D eigenvalue weighted by molar-refractivity contribution is 0.102. The number of carbonyl (C=O) groups excluding carboxylic acids is 1. The lowest BCUT2D eigenvalue weighted by Crippen LogP contribution is -2.12. The Hall–Kier alpha value is -3.48. The van der Waals surface area contributed by atoms with Crippen LogP contribution in [-0.4, -0.2) is 17.5 Å². The highest BCUT2D eigenvalue weighted by molar-refractivity contribution is 6.04. The number of amides is 1. The maximum Gasteiger partial charge on any atom is 0.257 e. The summed E-state index contributed by atoms with van der Waals surface area (Å²) in [6.45, 7) is 2.44. The number of nitrogens with zero attached hydrogens (tertiary/aromatic N) is 1. The number of benzene rings is 2. The van der Waals surface area contributed by atoms with Crippen molar-refractivity contribution in [2.75, 3.05) is 17.2 Å². The van der Waals surface area contributed by atoms with Gasteiger partial charge in [0.1, 0.15) is 23.1 Å². The van der Waals surface area contributed by atoms with Gasteiger partial charge in [-0.2, -0.15) is 0 Å². The molecule has 1 heterocycles. The molecule has 2 N–H and O–H groups in total. The van der Waals surface area contributed by atoms with E-state index in [9.17, 15) is 13.6 Å². The Morgan fingerprint density at radius 2 is 1.74 bits per heavy atom. The van der Waals surface area contributed by atoms with Crippen molar-refractivity contribution in [2.45, 2.75) is 6.92 Å². The molecule has 1 aromatic heterocycles. The van der Waals surface area contributed by atoms with Crippen molar-refractivity contribution < 1.29 is 18.3 Å². The highest BCUT2D eigenvalue weighted by Crippen LogP contribution is 2.23. The molecule has 0 aliphatic heterocycles. The van der Waals surface area contributed by atoms with Crippen LogP contribution in [-0.2, 0) is 0 Å². The highest BCUT2D eigenvalue weighted by atomic mass is 19.1. The number of rotatable bonds is 6. The maximum atomic E-state index is 13.8. The van der Waals surface area contributed by atoms with Crippen LogP contribution < -0.4 is 15.4 Å². The maximum absolute atomic E-state index is 13.8. The molecule has 3 rings (SSSR count). The van der Waals surface area contributed by atoms with E-state index in [1.807, 2.05) is 6.92 Å². The van der Waals surface area contributed by atoms with Gasteiger partial charge in [0.2, 0.25) is 0 Å². The molecule has 5 nitrogen and oxygen atoms in total. The van der Waals surface area contributed by atoms with E-state index in [2.05, 4.69) is 15.6 Å². The number of ether oxygens (including phenoxy) is 1. The third-order valence-electron chi connectivity index (χ3n) is 3.66. The molecule has 0 saturated carbocycles. The molecule has 1 amide bonds. The van der Waals surface area contributed by atoms with Crippen molar-refractivity contribution in [1.29, 1.82) is 0 Å². The van der Waals surface area contributed by atoms with Gasteiger partial charge in [0.25, 0.3) is 5.91 Å². The van der Waals surface area contributed by atoms with Gasteiger partial charge in [-0.1, -0.05) is 6.07 Å². The average Bonchev–Trinajstić information content (AvgIpc) is 2.67. The fourth-order valence-corrected chi connectivity index (χ4v) is 2.40. The molecule has 27 heavy (non-hydrogen) atoms. The van der Waals surface area contributed by atoms with Gasteiger partial charge in [-0.25, -0.2) is 8.78 Å². The molecule has 0 fully saturated rings. The van der Waals surface area contributed by atoms with E-state index >= 15 is 0 Å². The Bertz CT molecular complexity index is 926. The standard InChI is InChI=1S/C20H17F2N3O2/c1-2-27-16-8-6-14(7-9-16)25-20(26)13-10-15(12-23-11-13)24-19-17(21)4-3-5-18(19)22/h3-12,24H,2H2,1H3,(H,25,26). The van der Waals surface area contributed by atoms with Crippen molar-refractivity contribution in [3.63, 3.8) is 0 Å². The molecule has 138 valence electrons. The van der Waals surface area contributed by atoms with Crippen LogP contribution in [0.3, 0.4) is 0 Å². The smallest absolute Gasteiger partial charge is 0.257 e. The quantitative estimate of drug-likeness (QED) is 0.658. The monoisotopic (exact) mass is 369 g/mol. The van der Waals surface area contributed by atoms with Gasteiger partial charge in [0.15, 0.2) is 0 Å². The molecule has 3 aromatic rings. The topological polar surface area (TPSA) is 63.2 Å². The fraction of sp³-hybridized carbons (Fsp3) is 0.100. The summed E-state index contributed by atoms with van der Waals surface area (Å²) in [7, 11) is 0. The van der Waals surface area contributed by atoms with Crippen LogP contribution in [0.4, 0.5) is 25.8 Å². The minimum absolute atomic E-state index is 0.241. The zero-order valence-corrected chi connectivity index (χ0v) is 14.5. The lowest BCUT2D eigenvalue weighted by atomic mass is 10.2. The van der Waals surface area contributed by atoms with Gasteiger partial charge in [0.05, 0.1) is 24.1 Å². The Labute approximate surface area is 155 Å². The molecule has 0 bridgehead atoms. The number of halogens is 2. The second-order valence-corrected chi connectivity index (χ2v) is 5.60. The molecule has 0 unspecified atom stereocenters. The first-order chi connectivity index (χ1) is 13.1. The van der Waals surface area contributed by atoms with Crippen molar-refractivity contribution in [2.24, 2.45) is 0 Å². The van der Waals surface area contributed by atoms with Gasteiger partial charge in [0, 0.05) is 11.9 Å². The minimum atomic E-state index is -0.737. The van der Waals surface area contributed by atoms with E-state index in [-0.39, 0.29) is 11.3 Å². The number of carbonyl (C=O) groups is 1. The van der Waals surface area contributed by atoms with Gasteiger partial charge in [-0.05, 0) is 49.4 Å². The van der Waals surface area contributed by atoms with Crippen LogP contribution in [0.25, 0.3) is 0 Å². The van der Waals surface area contributed by atoms with Crippen LogP contribution >= 0.6 is 0 Å². The second kappa shape index (κ2) is 8.27. The van der Waals surface area contributed by atoms with Crippen LogP contribution in [0.15, 0.2) is 60.9 Å². The van der Waals surface area contributed by atoms with E-state index in [0.717, 1.165) is 12.1 Å². The Morgan fingerprint density at radius 1 is 1.04 bits per heavy atom. The molecular formula is C20H17F2N3O2. The fourth-order valence-electron chi connectivity index (χ4n) is 2.40. The number of anilines is 3. The van der Waals surface area contributed by atoms with E-state index < -0.39 is 17.5 Å². The molecule has 2 aromatic carbocycles. The third kappa shape index (κ3) is 4.58. The van der Waals surface area contributed by atoms with Crippen LogP contribution in [0.2, 0.25) is 0 Å². The predicted molar refractivity (Wildman–Crippen MR) is 99.4 cm³/mol. The summed E-state index contributed by atoms with van der Waals surface area (Å²) in [6, 6.07) is 11.9. The first-order valence-corrected chi connectivity index (χ1v) is 8.27. The van der Waals surface area contributed by atoms with Gasteiger partial charge in [-0.3, -0.25) is 9.78 Å². The van der Waals surface area contributed by atoms with Gasteiger partial charge in [-0.15, -0.1) is 0 Å². The average molecular weight is 369 g/mol. The zero-order chi connectivity index (χ0) is 19.2. The second-order valence-electron chi connectivity index (χ2n) is 5.60. The molecule has 0 aliphatic rings. The van der Waals surface area contributed by atoms with Crippen molar-refractivity contribution in [3.05, 3.63) is 78.1 Å². The number of aromatic nitrogens is 1. The number of hydrogen-bond donors (Lipinski definition) is 2. The number of nitrogens with one attached hydrogen (secondary N) is 2. The Morgan fingerprint density at radius 3 is 2.41 bits per heavy atom. The zero-order valence-electron chi connectivity index (χ0n) is 14.5. The van der Waals surface area contributed by atoms with E-state index in [4.69, 9.17) is 4.74 Å². The Balaban J connectivity index is 1.73. The predicted octanol–water partition coefficient (Wildman–Crippen LogP) is 4.75. The van der Waals surface area contributed by atoms with Crippen LogP contribution in [0.1, 0.15) is 17.3 Å². The van der Waals surface area contributed by atoms with Crippen molar-refractivity contribution >= 4 is 23.0 Å². The number of pyridine rings is 1. The lowest BCUT2D eigenvalue weighted by Gasteiger charge is -2.10. The number of hydrogen-bond acceptors (Lipinski definition) is 4. The molecule has 7 heteroatoms.